The van der Waals surface area contributed by atoms with Gasteiger partial charge in [0.2, 0.25) is 0 Å². The number of aromatic nitrogens is 2. The molecule has 1 aromatic rings. The Bertz CT molecular complexity index is 283. The molecule has 0 unspecified atom stereocenters. The highest BCUT2D eigenvalue weighted by Gasteiger charge is 2.06. The molecule has 12 heavy (non-hydrogen) atoms. The van der Waals surface area contributed by atoms with E-state index >= 15 is 0 Å². The Kier molecular flexibility index (Phi) is 3.76. The van der Waals surface area contributed by atoms with Crippen molar-refractivity contribution in [3.05, 3.63) is 17.5 Å². The molecule has 0 atom stereocenters. The van der Waals surface area contributed by atoms with E-state index in [0.29, 0.717) is 0 Å². The Labute approximate surface area is 76.6 Å². The van der Waals surface area contributed by atoms with Gasteiger partial charge in [-0.25, -0.2) is 4.79 Å². The van der Waals surface area contributed by atoms with E-state index < -0.39 is 6.09 Å². The van der Waals surface area contributed by atoms with Crippen molar-refractivity contribution in [1.82, 2.24) is 9.78 Å². The summed E-state index contributed by atoms with van der Waals surface area (Å²) in [5.41, 5.74) is 1.77. The summed E-state index contributed by atoms with van der Waals surface area (Å²) in [6.45, 7) is 3.80. The van der Waals surface area contributed by atoms with Gasteiger partial charge in [-0.05, 0) is 18.9 Å². The topological polar surface area (TPSA) is 55.1 Å². The maximum Gasteiger partial charge on any atom is 0.432 e. The first-order valence-electron chi connectivity index (χ1n) is 3.43. The van der Waals surface area contributed by atoms with E-state index in [1.54, 1.807) is 0 Å². The molecule has 1 rings (SSSR count). The van der Waals surface area contributed by atoms with Gasteiger partial charge in [-0.1, -0.05) is 6.92 Å². The Morgan fingerprint density at radius 3 is 2.58 bits per heavy atom. The molecule has 0 saturated carbocycles. The molecule has 68 valence electrons. The molecule has 0 aliphatic rings. The van der Waals surface area contributed by atoms with Crippen molar-refractivity contribution < 1.29 is 9.90 Å². The average Bonchev–Trinajstić information content (AvgIpc) is 2.31. The van der Waals surface area contributed by atoms with Crippen LogP contribution in [0.5, 0.6) is 0 Å². The summed E-state index contributed by atoms with van der Waals surface area (Å²) in [5.74, 6) is 0. The highest BCUT2D eigenvalue weighted by molar-refractivity contribution is 5.85. The Morgan fingerprint density at radius 1 is 1.75 bits per heavy atom. The molecular formula is C7H11ClN2O2. The lowest BCUT2D eigenvalue weighted by molar-refractivity contribution is 0.192. The highest BCUT2D eigenvalue weighted by Crippen LogP contribution is 2.04. The lowest BCUT2D eigenvalue weighted by Gasteiger charge is -1.88. The number of carbonyl (C=O) groups is 1. The molecule has 0 amide bonds. The molecular weight excluding hydrogens is 180 g/mol. The van der Waals surface area contributed by atoms with Crippen LogP contribution in [0.1, 0.15) is 18.2 Å². The molecule has 0 bridgehead atoms. The summed E-state index contributed by atoms with van der Waals surface area (Å²) in [6.07, 6.45) is 1.25. The summed E-state index contributed by atoms with van der Waals surface area (Å²) in [6, 6.07) is 0. The molecule has 0 saturated heterocycles. The van der Waals surface area contributed by atoms with Crippen LogP contribution in [0.3, 0.4) is 0 Å². The van der Waals surface area contributed by atoms with E-state index in [2.05, 4.69) is 5.10 Å². The smallest absolute Gasteiger partial charge is 0.432 e. The van der Waals surface area contributed by atoms with Crippen molar-refractivity contribution in [2.45, 2.75) is 20.3 Å². The van der Waals surface area contributed by atoms with Crippen LogP contribution >= 0.6 is 12.4 Å². The molecule has 0 aliphatic heterocycles. The number of rotatable bonds is 1. The van der Waals surface area contributed by atoms with E-state index in [1.165, 1.54) is 6.20 Å². The SMILES string of the molecule is CCc1nn(C(=O)O)cc1C.Cl. The fourth-order valence-corrected chi connectivity index (χ4v) is 0.943. The molecule has 0 radical (unpaired) electrons. The normalized spacial score (nSPS) is 9.17. The minimum Gasteiger partial charge on any atom is -0.463 e. The molecule has 1 N–H and O–H groups in total. The van der Waals surface area contributed by atoms with Gasteiger partial charge in [0.25, 0.3) is 0 Å². The summed E-state index contributed by atoms with van der Waals surface area (Å²) < 4.78 is 0.939. The zero-order valence-corrected chi connectivity index (χ0v) is 7.76. The van der Waals surface area contributed by atoms with Gasteiger partial charge in [-0.2, -0.15) is 9.78 Å². The molecule has 0 spiro atoms. The van der Waals surface area contributed by atoms with E-state index in [9.17, 15) is 4.79 Å². The van der Waals surface area contributed by atoms with E-state index in [4.69, 9.17) is 5.11 Å². The second kappa shape index (κ2) is 4.11. The van der Waals surface area contributed by atoms with Gasteiger partial charge in [0.15, 0.2) is 0 Å². The monoisotopic (exact) mass is 190 g/mol. The summed E-state index contributed by atoms with van der Waals surface area (Å²) in [4.78, 5) is 10.4. The van der Waals surface area contributed by atoms with Crippen LogP contribution in [-0.4, -0.2) is 21.0 Å². The number of hydrogen-bond donors (Lipinski definition) is 1. The third kappa shape index (κ3) is 1.98. The van der Waals surface area contributed by atoms with Crippen molar-refractivity contribution in [2.24, 2.45) is 0 Å². The summed E-state index contributed by atoms with van der Waals surface area (Å²) in [7, 11) is 0. The standard InChI is InChI=1S/C7H10N2O2.ClH/c1-3-6-5(2)4-9(8-6)7(10)11;/h4H,3H2,1-2H3,(H,10,11);1H. The lowest BCUT2D eigenvalue weighted by atomic mass is 10.2. The number of hydrogen-bond acceptors (Lipinski definition) is 2. The Morgan fingerprint density at radius 2 is 2.33 bits per heavy atom. The quantitative estimate of drug-likeness (QED) is 0.734. The maximum atomic E-state index is 10.4. The molecule has 4 nitrogen and oxygen atoms in total. The fourth-order valence-electron chi connectivity index (χ4n) is 0.943. The van der Waals surface area contributed by atoms with Gasteiger partial charge in [-0.15, -0.1) is 12.4 Å². The van der Waals surface area contributed by atoms with Crippen molar-refractivity contribution in [1.29, 1.82) is 0 Å². The lowest BCUT2D eigenvalue weighted by Crippen LogP contribution is -2.08. The molecule has 0 aliphatic carbocycles. The predicted molar refractivity (Wildman–Crippen MR) is 47.0 cm³/mol. The molecule has 1 aromatic heterocycles. The first-order valence-corrected chi connectivity index (χ1v) is 3.43. The Balaban J connectivity index is 0.00000121. The van der Waals surface area contributed by atoms with Crippen LogP contribution in [-0.2, 0) is 6.42 Å². The largest absolute Gasteiger partial charge is 0.463 e. The first kappa shape index (κ1) is 11.0. The van der Waals surface area contributed by atoms with Crippen molar-refractivity contribution in [3.63, 3.8) is 0 Å². The van der Waals surface area contributed by atoms with Crippen molar-refractivity contribution in [2.75, 3.05) is 0 Å². The van der Waals surface area contributed by atoms with Gasteiger partial charge in [-0.3, -0.25) is 0 Å². The second-order valence-electron chi connectivity index (χ2n) is 2.34. The number of nitrogens with zero attached hydrogens (tertiary/aromatic N) is 2. The van der Waals surface area contributed by atoms with E-state index in [0.717, 1.165) is 22.4 Å². The average molecular weight is 191 g/mol. The van der Waals surface area contributed by atoms with Crippen molar-refractivity contribution in [3.8, 4) is 0 Å². The zero-order valence-electron chi connectivity index (χ0n) is 6.94. The third-order valence-corrected chi connectivity index (χ3v) is 1.53. The van der Waals surface area contributed by atoms with Crippen LogP contribution in [0.15, 0.2) is 6.20 Å². The second-order valence-corrected chi connectivity index (χ2v) is 2.34. The minimum absolute atomic E-state index is 0. The van der Waals surface area contributed by atoms with Crippen LogP contribution < -0.4 is 0 Å². The molecule has 0 aromatic carbocycles. The van der Waals surface area contributed by atoms with Gasteiger partial charge >= 0.3 is 6.09 Å². The first-order chi connectivity index (χ1) is 5.15. The summed E-state index contributed by atoms with van der Waals surface area (Å²) in [5, 5.41) is 12.4. The van der Waals surface area contributed by atoms with Gasteiger partial charge < -0.3 is 5.11 Å². The van der Waals surface area contributed by atoms with E-state index in [1.807, 2.05) is 13.8 Å². The van der Waals surface area contributed by atoms with Gasteiger partial charge in [0.05, 0.1) is 5.69 Å². The number of halogens is 1. The van der Waals surface area contributed by atoms with Crippen LogP contribution in [0.25, 0.3) is 0 Å². The maximum absolute atomic E-state index is 10.4. The minimum atomic E-state index is -1.03. The van der Waals surface area contributed by atoms with Gasteiger partial charge in [0, 0.05) is 6.20 Å². The third-order valence-electron chi connectivity index (χ3n) is 1.53. The van der Waals surface area contributed by atoms with Crippen molar-refractivity contribution >= 4 is 18.5 Å². The molecule has 1 heterocycles. The number of aryl methyl sites for hydroxylation is 2. The molecule has 0 fully saturated rings. The van der Waals surface area contributed by atoms with Crippen LogP contribution in [0.2, 0.25) is 0 Å². The van der Waals surface area contributed by atoms with Gasteiger partial charge in [0.1, 0.15) is 0 Å². The van der Waals surface area contributed by atoms with Crippen LogP contribution in [0, 0.1) is 6.92 Å². The molecule has 5 heteroatoms. The van der Waals surface area contributed by atoms with E-state index in [-0.39, 0.29) is 12.4 Å². The zero-order chi connectivity index (χ0) is 8.43. The predicted octanol–water partition coefficient (Wildman–Crippen LogP) is 1.70. The highest BCUT2D eigenvalue weighted by atomic mass is 35.5. The Hall–Kier alpha value is -1.03. The van der Waals surface area contributed by atoms with Crippen LogP contribution in [0.4, 0.5) is 4.79 Å². The summed E-state index contributed by atoms with van der Waals surface area (Å²) >= 11 is 0. The fraction of sp³-hybridized carbons (Fsp3) is 0.429. The number of carboxylic acid groups (broad SMARTS) is 1.